The topological polar surface area (TPSA) is 102 Å². The van der Waals surface area contributed by atoms with Crippen LogP contribution in [0.1, 0.15) is 11.3 Å². The summed E-state index contributed by atoms with van der Waals surface area (Å²) in [4.78, 5) is 27.1. The van der Waals surface area contributed by atoms with Crippen molar-refractivity contribution in [3.63, 3.8) is 0 Å². The molecule has 2 radical (unpaired) electrons. The number of carbonyl (C=O) groups excluding carboxylic acids is 1. The van der Waals surface area contributed by atoms with Gasteiger partial charge in [0.2, 0.25) is 5.71 Å². The molecule has 1 aromatic heterocycles. The van der Waals surface area contributed by atoms with Crippen molar-refractivity contribution < 1.29 is 19.2 Å². The zero-order chi connectivity index (χ0) is 14.9. The predicted molar refractivity (Wildman–Crippen MR) is 70.7 cm³/mol. The van der Waals surface area contributed by atoms with Crippen LogP contribution in [0.15, 0.2) is 26.5 Å². The van der Waals surface area contributed by atoms with Gasteiger partial charge in [0.1, 0.15) is 13.4 Å². The number of aryl methyl sites for hydroxylation is 1. The summed E-state index contributed by atoms with van der Waals surface area (Å²) >= 11 is 0. The van der Waals surface area contributed by atoms with Gasteiger partial charge in [-0.15, -0.1) is 0 Å². The molecule has 0 aliphatic rings. The number of oxime groups is 1. The number of hydrogen-bond donors (Lipinski definition) is 1. The first-order valence-electron chi connectivity index (χ1n) is 5.49. The molecule has 0 atom stereocenters. The van der Waals surface area contributed by atoms with Crippen molar-refractivity contribution in [2.45, 2.75) is 6.92 Å². The first-order valence-corrected chi connectivity index (χ1v) is 5.49. The number of rotatable bonds is 2. The summed E-state index contributed by atoms with van der Waals surface area (Å²) in [5.74, 6) is -1.00. The molecule has 2 aromatic rings. The maximum atomic E-state index is 11.8. The van der Waals surface area contributed by atoms with Crippen molar-refractivity contribution in [1.29, 1.82) is 0 Å². The van der Waals surface area contributed by atoms with Gasteiger partial charge >= 0.3 is 11.6 Å². The van der Waals surface area contributed by atoms with Crippen molar-refractivity contribution in [3.8, 4) is 0 Å². The van der Waals surface area contributed by atoms with Gasteiger partial charge in [0, 0.05) is 0 Å². The van der Waals surface area contributed by atoms with E-state index in [1.807, 2.05) is 0 Å². The van der Waals surface area contributed by atoms with E-state index in [1.165, 1.54) is 6.07 Å². The van der Waals surface area contributed by atoms with E-state index in [9.17, 15) is 9.59 Å². The van der Waals surface area contributed by atoms with E-state index >= 15 is 0 Å². The van der Waals surface area contributed by atoms with Crippen LogP contribution in [0.25, 0.3) is 11.1 Å². The van der Waals surface area contributed by atoms with Crippen molar-refractivity contribution in [2.24, 2.45) is 5.16 Å². The van der Waals surface area contributed by atoms with E-state index < -0.39 is 23.0 Å². The Morgan fingerprint density at radius 3 is 2.80 bits per heavy atom. The fourth-order valence-corrected chi connectivity index (χ4v) is 1.60. The van der Waals surface area contributed by atoms with Crippen LogP contribution in [0.5, 0.6) is 0 Å². The average Bonchev–Trinajstić information content (AvgIpc) is 2.42. The SMILES string of the molecule is [B]c1cc2oc(=O)c(/C(=N\O)C(=O)OC)nc2cc1C. The molecule has 0 amide bonds. The van der Waals surface area contributed by atoms with Gasteiger partial charge < -0.3 is 14.4 Å². The number of methoxy groups -OCH3 is 1. The van der Waals surface area contributed by atoms with Crippen LogP contribution < -0.4 is 11.1 Å². The number of carbonyl (C=O) groups is 1. The van der Waals surface area contributed by atoms with Crippen molar-refractivity contribution in [2.75, 3.05) is 7.11 Å². The largest absolute Gasteiger partial charge is 0.464 e. The summed E-state index contributed by atoms with van der Waals surface area (Å²) in [5.41, 5.74) is -0.350. The van der Waals surface area contributed by atoms with E-state index in [4.69, 9.17) is 17.5 Å². The molecule has 0 aliphatic heterocycles. The minimum Gasteiger partial charge on any atom is -0.464 e. The van der Waals surface area contributed by atoms with E-state index in [-0.39, 0.29) is 5.58 Å². The summed E-state index contributed by atoms with van der Waals surface area (Å²) < 4.78 is 9.41. The highest BCUT2D eigenvalue weighted by molar-refractivity contribution is 6.42. The molecule has 0 fully saturated rings. The zero-order valence-electron chi connectivity index (χ0n) is 10.7. The zero-order valence-corrected chi connectivity index (χ0v) is 10.7. The first kappa shape index (κ1) is 13.8. The van der Waals surface area contributed by atoms with Gasteiger partial charge in [-0.05, 0) is 19.1 Å². The van der Waals surface area contributed by atoms with Gasteiger partial charge in [-0.2, -0.15) is 0 Å². The smallest absolute Gasteiger partial charge is 0.365 e. The lowest BCUT2D eigenvalue weighted by molar-refractivity contribution is -0.132. The fourth-order valence-electron chi connectivity index (χ4n) is 1.60. The van der Waals surface area contributed by atoms with Crippen molar-refractivity contribution in [3.05, 3.63) is 33.8 Å². The monoisotopic (exact) mass is 272 g/mol. The lowest BCUT2D eigenvalue weighted by atomic mass is 9.91. The van der Waals surface area contributed by atoms with Crippen LogP contribution in [-0.2, 0) is 9.53 Å². The maximum absolute atomic E-state index is 11.8. The first-order chi connectivity index (χ1) is 9.47. The second kappa shape index (κ2) is 5.16. The second-order valence-corrected chi connectivity index (χ2v) is 3.97. The summed E-state index contributed by atoms with van der Waals surface area (Å²) in [7, 11) is 6.79. The third-order valence-corrected chi connectivity index (χ3v) is 2.68. The molecule has 2 rings (SSSR count). The molecule has 7 nitrogen and oxygen atoms in total. The Bertz CT molecular complexity index is 781. The third-order valence-electron chi connectivity index (χ3n) is 2.68. The number of nitrogens with zero attached hydrogens (tertiary/aromatic N) is 2. The molecule has 1 aromatic carbocycles. The van der Waals surface area contributed by atoms with E-state index in [0.717, 1.165) is 12.7 Å². The molecular formula is C12H9BN2O5. The quantitative estimate of drug-likeness (QED) is 0.263. The molecule has 0 spiro atoms. The number of hydrogen-bond acceptors (Lipinski definition) is 7. The summed E-state index contributed by atoms with van der Waals surface area (Å²) in [6, 6.07) is 3.04. The third kappa shape index (κ3) is 2.27. The highest BCUT2D eigenvalue weighted by Crippen LogP contribution is 2.11. The van der Waals surface area contributed by atoms with E-state index in [2.05, 4.69) is 14.9 Å². The number of aromatic nitrogens is 1. The molecule has 1 heterocycles. The molecule has 0 saturated heterocycles. The number of benzene rings is 1. The standard InChI is InChI=1S/C12H9BN2O5/c1-5-3-7-8(4-6(5)13)20-12(17)9(14-7)10(15-18)11(16)19-2/h3-4,18H,1-2H3/b15-10+. The van der Waals surface area contributed by atoms with Gasteiger partial charge in [-0.3, -0.25) is 0 Å². The molecular weight excluding hydrogens is 263 g/mol. The Balaban J connectivity index is 2.73. The number of ether oxygens (including phenoxy) is 1. The van der Waals surface area contributed by atoms with Gasteiger partial charge in [0.05, 0.1) is 7.11 Å². The Labute approximate surface area is 114 Å². The van der Waals surface area contributed by atoms with E-state index in [0.29, 0.717) is 11.0 Å². The Kier molecular flexibility index (Phi) is 3.56. The van der Waals surface area contributed by atoms with Crippen LogP contribution in [0.2, 0.25) is 0 Å². The van der Waals surface area contributed by atoms with E-state index in [1.54, 1.807) is 13.0 Å². The van der Waals surface area contributed by atoms with Crippen molar-refractivity contribution >= 4 is 36.1 Å². The highest BCUT2D eigenvalue weighted by Gasteiger charge is 2.22. The lowest BCUT2D eigenvalue weighted by Gasteiger charge is -2.05. The lowest BCUT2D eigenvalue weighted by Crippen LogP contribution is -2.26. The predicted octanol–water partition coefficient (Wildman–Crippen LogP) is -0.358. The summed E-state index contributed by atoms with van der Waals surface area (Å²) in [6.07, 6.45) is 0. The van der Waals surface area contributed by atoms with Crippen LogP contribution >= 0.6 is 0 Å². The Morgan fingerprint density at radius 2 is 2.20 bits per heavy atom. The molecule has 0 bridgehead atoms. The number of fused-ring (bicyclic) bond motifs is 1. The molecule has 100 valence electrons. The Morgan fingerprint density at radius 1 is 1.50 bits per heavy atom. The Hall–Kier alpha value is -2.64. The number of esters is 1. The molecule has 0 aliphatic carbocycles. The summed E-state index contributed by atoms with van der Waals surface area (Å²) in [5, 5.41) is 11.6. The van der Waals surface area contributed by atoms with Gasteiger partial charge in [0.15, 0.2) is 11.3 Å². The average molecular weight is 272 g/mol. The summed E-state index contributed by atoms with van der Waals surface area (Å²) in [6.45, 7) is 1.75. The van der Waals surface area contributed by atoms with Crippen LogP contribution in [0.3, 0.4) is 0 Å². The minimum atomic E-state index is -1.00. The molecule has 20 heavy (non-hydrogen) atoms. The minimum absolute atomic E-state index is 0.170. The van der Waals surface area contributed by atoms with Gasteiger partial charge in [-0.25, -0.2) is 14.6 Å². The molecule has 0 unspecified atom stereocenters. The van der Waals surface area contributed by atoms with Gasteiger partial charge in [-0.1, -0.05) is 16.2 Å². The normalized spacial score (nSPS) is 11.6. The molecule has 8 heteroatoms. The van der Waals surface area contributed by atoms with Crippen molar-refractivity contribution in [1.82, 2.24) is 4.98 Å². The molecule has 0 saturated carbocycles. The van der Waals surface area contributed by atoms with Crippen LogP contribution in [0, 0.1) is 6.92 Å². The van der Waals surface area contributed by atoms with Gasteiger partial charge in [0.25, 0.3) is 0 Å². The highest BCUT2D eigenvalue weighted by atomic mass is 16.5. The fraction of sp³-hybridized carbons (Fsp3) is 0.167. The second-order valence-electron chi connectivity index (χ2n) is 3.97. The van der Waals surface area contributed by atoms with Crippen LogP contribution in [-0.4, -0.2) is 36.8 Å². The van der Waals surface area contributed by atoms with Crippen LogP contribution in [0.4, 0.5) is 0 Å². The maximum Gasteiger partial charge on any atom is 0.365 e. The molecule has 1 N–H and O–H groups in total.